The van der Waals surface area contributed by atoms with Crippen molar-refractivity contribution in [3.05, 3.63) is 59.7 Å². The number of carbonyl (C=O) groups excluding carboxylic acids is 3. The van der Waals surface area contributed by atoms with Crippen LogP contribution >= 0.6 is 0 Å². The maximum atomic E-state index is 12.9. The molecule has 168 valence electrons. The predicted molar refractivity (Wildman–Crippen MR) is 119 cm³/mol. The number of ether oxygens (including phenoxy) is 2. The molecule has 1 saturated heterocycles. The van der Waals surface area contributed by atoms with E-state index in [1.54, 1.807) is 20.8 Å². The molecule has 0 radical (unpaired) electrons. The fourth-order valence-corrected chi connectivity index (χ4v) is 4.46. The Bertz CT molecular complexity index is 983. The van der Waals surface area contributed by atoms with Gasteiger partial charge >= 0.3 is 12.2 Å². The van der Waals surface area contributed by atoms with Crippen molar-refractivity contribution < 1.29 is 23.9 Å². The molecule has 0 unspecified atom stereocenters. The van der Waals surface area contributed by atoms with Crippen LogP contribution in [0.15, 0.2) is 48.5 Å². The molecule has 2 aromatic carbocycles. The van der Waals surface area contributed by atoms with Gasteiger partial charge in [-0.3, -0.25) is 4.90 Å². The summed E-state index contributed by atoms with van der Waals surface area (Å²) < 4.78 is 10.9. The zero-order valence-electron chi connectivity index (χ0n) is 18.5. The molecular weight excluding hydrogens is 408 g/mol. The zero-order valence-corrected chi connectivity index (χ0v) is 18.5. The third kappa shape index (κ3) is 4.47. The number of aldehydes is 1. The van der Waals surface area contributed by atoms with Crippen LogP contribution < -0.4 is 5.32 Å². The smallest absolute Gasteiger partial charge is 0.410 e. The molecule has 2 aliphatic rings. The number of hydrogen-bond donors (Lipinski definition) is 1. The van der Waals surface area contributed by atoms with E-state index in [1.165, 1.54) is 4.90 Å². The fourth-order valence-electron chi connectivity index (χ4n) is 4.46. The molecule has 0 saturated carbocycles. The number of likely N-dealkylation sites (tertiary alicyclic amines) is 1. The quantitative estimate of drug-likeness (QED) is 0.730. The maximum Gasteiger partial charge on any atom is 0.410 e. The minimum absolute atomic E-state index is 0.0562. The normalized spacial score (nSPS) is 19.8. The molecule has 2 amide bonds. The summed E-state index contributed by atoms with van der Waals surface area (Å²) >= 11 is 0. The van der Waals surface area contributed by atoms with Gasteiger partial charge in [-0.1, -0.05) is 48.5 Å². The second kappa shape index (κ2) is 8.65. The Morgan fingerprint density at radius 2 is 1.66 bits per heavy atom. The van der Waals surface area contributed by atoms with Crippen LogP contribution in [0.5, 0.6) is 0 Å². The summed E-state index contributed by atoms with van der Waals surface area (Å²) in [5.41, 5.74) is 3.92. The molecule has 0 aromatic heterocycles. The molecule has 7 nitrogen and oxygen atoms in total. The fraction of sp³-hybridized carbons (Fsp3) is 0.400. The van der Waals surface area contributed by atoms with E-state index in [-0.39, 0.29) is 25.1 Å². The first-order chi connectivity index (χ1) is 15.3. The van der Waals surface area contributed by atoms with E-state index in [4.69, 9.17) is 9.47 Å². The minimum atomic E-state index is -0.648. The van der Waals surface area contributed by atoms with Crippen molar-refractivity contribution in [3.63, 3.8) is 0 Å². The molecule has 1 aliphatic carbocycles. The topological polar surface area (TPSA) is 84.9 Å². The molecule has 2 aromatic rings. The number of alkyl carbamates (subject to hydrolysis) is 1. The lowest BCUT2D eigenvalue weighted by molar-refractivity contribution is -0.111. The molecule has 1 N–H and O–H groups in total. The number of amides is 2. The summed E-state index contributed by atoms with van der Waals surface area (Å²) in [5, 5.41) is 2.74. The van der Waals surface area contributed by atoms with Gasteiger partial charge < -0.3 is 19.6 Å². The van der Waals surface area contributed by atoms with Crippen molar-refractivity contribution >= 4 is 18.5 Å². The van der Waals surface area contributed by atoms with Gasteiger partial charge in [0, 0.05) is 12.5 Å². The highest BCUT2D eigenvalue weighted by molar-refractivity contribution is 5.79. The predicted octanol–water partition coefficient (Wildman–Crippen LogP) is 4.10. The standard InChI is InChI=1S/C25H28N2O5/c1-25(2,3)32-23(29)26-16-12-17(14-28)27(13-16)24(30)31-15-22-20-10-6-4-8-18(20)19-9-5-7-11-21(19)22/h4-11,14,16-17,22H,12-13,15H2,1-3H3,(H,26,29)/t16-,17+/m1/s1. The lowest BCUT2D eigenvalue weighted by Crippen LogP contribution is -2.42. The first-order valence-electron chi connectivity index (χ1n) is 10.8. The van der Waals surface area contributed by atoms with E-state index in [2.05, 4.69) is 29.6 Å². The molecule has 0 spiro atoms. The minimum Gasteiger partial charge on any atom is -0.448 e. The first kappa shape index (κ1) is 21.9. The van der Waals surface area contributed by atoms with Crippen LogP contribution in [0.3, 0.4) is 0 Å². The van der Waals surface area contributed by atoms with Crippen molar-refractivity contribution in [3.8, 4) is 11.1 Å². The largest absolute Gasteiger partial charge is 0.448 e. The van der Waals surface area contributed by atoms with Crippen LogP contribution in [0.2, 0.25) is 0 Å². The van der Waals surface area contributed by atoms with Crippen molar-refractivity contribution in [2.24, 2.45) is 0 Å². The van der Waals surface area contributed by atoms with Crippen LogP contribution in [-0.4, -0.2) is 54.2 Å². The van der Waals surface area contributed by atoms with E-state index < -0.39 is 23.8 Å². The van der Waals surface area contributed by atoms with Gasteiger partial charge in [-0.25, -0.2) is 9.59 Å². The highest BCUT2D eigenvalue weighted by Gasteiger charge is 2.38. The van der Waals surface area contributed by atoms with Crippen molar-refractivity contribution in [1.82, 2.24) is 10.2 Å². The summed E-state index contributed by atoms with van der Waals surface area (Å²) in [6.45, 7) is 5.70. The van der Waals surface area contributed by atoms with Crippen molar-refractivity contribution in [2.45, 2.75) is 50.8 Å². The van der Waals surface area contributed by atoms with E-state index in [1.807, 2.05) is 24.3 Å². The zero-order chi connectivity index (χ0) is 22.9. The summed E-state index contributed by atoms with van der Waals surface area (Å²) in [5.74, 6) is -0.0562. The Morgan fingerprint density at radius 3 is 2.22 bits per heavy atom. The lowest BCUT2D eigenvalue weighted by atomic mass is 9.98. The molecule has 4 rings (SSSR count). The van der Waals surface area contributed by atoms with Gasteiger partial charge in [-0.2, -0.15) is 0 Å². The maximum absolute atomic E-state index is 12.9. The highest BCUT2D eigenvalue weighted by Crippen LogP contribution is 2.44. The second-order valence-corrected chi connectivity index (χ2v) is 9.24. The van der Waals surface area contributed by atoms with Gasteiger partial charge in [-0.15, -0.1) is 0 Å². The number of carbonyl (C=O) groups is 3. The van der Waals surface area contributed by atoms with Crippen LogP contribution in [0.4, 0.5) is 9.59 Å². The molecule has 7 heteroatoms. The van der Waals surface area contributed by atoms with E-state index in [0.29, 0.717) is 6.42 Å². The number of nitrogens with zero attached hydrogens (tertiary/aromatic N) is 1. The molecule has 1 fully saturated rings. The molecule has 1 aliphatic heterocycles. The van der Waals surface area contributed by atoms with Crippen LogP contribution in [0.25, 0.3) is 11.1 Å². The Balaban J connectivity index is 1.41. The average molecular weight is 437 g/mol. The SMILES string of the molecule is CC(C)(C)OC(=O)N[C@@H]1C[C@@H](C=O)N(C(=O)OCC2c3ccccc3-c3ccccc32)C1. The third-order valence-electron chi connectivity index (χ3n) is 5.79. The van der Waals surface area contributed by atoms with E-state index >= 15 is 0 Å². The van der Waals surface area contributed by atoms with Crippen LogP contribution in [0, 0.1) is 0 Å². The Labute approximate surface area is 187 Å². The first-order valence-corrected chi connectivity index (χ1v) is 10.8. The molecule has 1 heterocycles. The molecule has 32 heavy (non-hydrogen) atoms. The molecule has 2 atom stereocenters. The molecular formula is C25H28N2O5. The number of fused-ring (bicyclic) bond motifs is 3. The number of benzene rings is 2. The highest BCUT2D eigenvalue weighted by atomic mass is 16.6. The lowest BCUT2D eigenvalue weighted by Gasteiger charge is -2.23. The second-order valence-electron chi connectivity index (χ2n) is 9.24. The summed E-state index contributed by atoms with van der Waals surface area (Å²) in [6.07, 6.45) is -0.0792. The van der Waals surface area contributed by atoms with Gasteiger partial charge in [0.15, 0.2) is 0 Å². The van der Waals surface area contributed by atoms with E-state index in [0.717, 1.165) is 28.5 Å². The van der Waals surface area contributed by atoms with Crippen molar-refractivity contribution in [1.29, 1.82) is 0 Å². The van der Waals surface area contributed by atoms with Gasteiger partial charge in [0.25, 0.3) is 0 Å². The van der Waals surface area contributed by atoms with Crippen LogP contribution in [0.1, 0.15) is 44.2 Å². The summed E-state index contributed by atoms with van der Waals surface area (Å²) in [4.78, 5) is 37.9. The number of hydrogen-bond acceptors (Lipinski definition) is 5. The molecule has 0 bridgehead atoms. The van der Waals surface area contributed by atoms with Crippen LogP contribution in [-0.2, 0) is 14.3 Å². The third-order valence-corrected chi connectivity index (χ3v) is 5.79. The summed E-state index contributed by atoms with van der Waals surface area (Å²) in [6, 6.07) is 15.2. The number of rotatable bonds is 4. The average Bonchev–Trinajstić information content (AvgIpc) is 3.29. The van der Waals surface area contributed by atoms with Gasteiger partial charge in [-0.05, 0) is 49.4 Å². The van der Waals surface area contributed by atoms with Crippen molar-refractivity contribution in [2.75, 3.05) is 13.2 Å². The van der Waals surface area contributed by atoms with Gasteiger partial charge in [0.2, 0.25) is 0 Å². The van der Waals surface area contributed by atoms with Gasteiger partial charge in [0.1, 0.15) is 18.5 Å². The van der Waals surface area contributed by atoms with Gasteiger partial charge in [0.05, 0.1) is 12.1 Å². The Morgan fingerprint density at radius 1 is 1.06 bits per heavy atom. The summed E-state index contributed by atoms with van der Waals surface area (Å²) in [7, 11) is 0. The monoisotopic (exact) mass is 436 g/mol. The Hall–Kier alpha value is -3.35. The van der Waals surface area contributed by atoms with E-state index in [9.17, 15) is 14.4 Å². The number of nitrogens with one attached hydrogen (secondary N) is 1. The Kier molecular flexibility index (Phi) is 5.91.